The van der Waals surface area contributed by atoms with Gasteiger partial charge in [0.2, 0.25) is 11.8 Å². The fourth-order valence-electron chi connectivity index (χ4n) is 1.89. The molecule has 1 atom stereocenters. The second kappa shape index (κ2) is 7.08. The van der Waals surface area contributed by atoms with Crippen molar-refractivity contribution >= 4 is 29.2 Å². The van der Waals surface area contributed by atoms with Crippen LogP contribution in [0.4, 0.5) is 20.6 Å². The number of benzene rings is 1. The highest BCUT2D eigenvalue weighted by Gasteiger charge is 2.30. The minimum Gasteiger partial charge on any atom is -0.374 e. The van der Waals surface area contributed by atoms with E-state index in [2.05, 4.69) is 21.3 Å². The number of hydrogen-bond acceptors (Lipinski definition) is 4. The molecule has 1 aliphatic rings. The van der Waals surface area contributed by atoms with E-state index >= 15 is 0 Å². The number of carbonyl (C=O) groups is 3. The van der Waals surface area contributed by atoms with Crippen LogP contribution in [-0.4, -0.2) is 30.9 Å². The molecular formula is C15H19FN4O3. The van der Waals surface area contributed by atoms with Gasteiger partial charge in [-0.1, -0.05) is 0 Å². The Morgan fingerprint density at radius 2 is 1.96 bits per heavy atom. The van der Waals surface area contributed by atoms with Crippen molar-refractivity contribution < 1.29 is 18.8 Å². The first kappa shape index (κ1) is 16.7. The third kappa shape index (κ3) is 4.67. The molecule has 1 saturated carbocycles. The maximum absolute atomic E-state index is 13.8. The lowest BCUT2D eigenvalue weighted by atomic mass is 10.2. The first-order chi connectivity index (χ1) is 10.9. The van der Waals surface area contributed by atoms with Gasteiger partial charge in [0.15, 0.2) is 0 Å². The molecule has 0 unspecified atom stereocenters. The highest BCUT2D eigenvalue weighted by molar-refractivity contribution is 5.98. The smallest absolute Gasteiger partial charge is 0.321 e. The van der Waals surface area contributed by atoms with Crippen LogP contribution >= 0.6 is 0 Å². The van der Waals surface area contributed by atoms with Crippen LogP contribution in [0.5, 0.6) is 0 Å². The van der Waals surface area contributed by atoms with E-state index in [0.29, 0.717) is 5.69 Å². The summed E-state index contributed by atoms with van der Waals surface area (Å²) in [7, 11) is 1.40. The molecule has 1 aromatic rings. The summed E-state index contributed by atoms with van der Waals surface area (Å²) in [5.41, 5.74) is 0.517. The van der Waals surface area contributed by atoms with Crippen LogP contribution in [0.25, 0.3) is 0 Å². The van der Waals surface area contributed by atoms with Crippen molar-refractivity contribution in [1.82, 2.24) is 10.6 Å². The number of halogens is 1. The van der Waals surface area contributed by atoms with Gasteiger partial charge in [-0.3, -0.25) is 14.9 Å². The second-order valence-corrected chi connectivity index (χ2v) is 5.39. The number of nitrogens with one attached hydrogen (secondary N) is 4. The Bertz CT molecular complexity index is 631. The summed E-state index contributed by atoms with van der Waals surface area (Å²) in [4.78, 5) is 34.6. The Morgan fingerprint density at radius 1 is 1.26 bits per heavy atom. The van der Waals surface area contributed by atoms with Crippen LogP contribution in [0.1, 0.15) is 19.8 Å². The van der Waals surface area contributed by atoms with Crippen LogP contribution in [0, 0.1) is 11.7 Å². The SMILES string of the molecule is CNC(=O)NC(=O)[C@@H](C)Nc1ccc(F)c(NC(=O)C2CC2)c1. The molecule has 0 heterocycles. The average Bonchev–Trinajstić information content (AvgIpc) is 3.35. The molecule has 8 heteroatoms. The minimum absolute atomic E-state index is 0.0386. The molecule has 0 aliphatic heterocycles. The molecule has 0 bridgehead atoms. The highest BCUT2D eigenvalue weighted by Crippen LogP contribution is 2.31. The lowest BCUT2D eigenvalue weighted by molar-refractivity contribution is -0.120. The van der Waals surface area contributed by atoms with E-state index in [1.807, 2.05) is 0 Å². The Labute approximate surface area is 133 Å². The van der Waals surface area contributed by atoms with Gasteiger partial charge in [-0.25, -0.2) is 9.18 Å². The summed E-state index contributed by atoms with van der Waals surface area (Å²) in [5.74, 6) is -1.32. The molecule has 0 aromatic heterocycles. The molecule has 4 N–H and O–H groups in total. The predicted octanol–water partition coefficient (Wildman–Crippen LogP) is 1.43. The largest absolute Gasteiger partial charge is 0.374 e. The predicted molar refractivity (Wildman–Crippen MR) is 83.4 cm³/mol. The van der Waals surface area contributed by atoms with Crippen molar-refractivity contribution in [3.05, 3.63) is 24.0 Å². The van der Waals surface area contributed by atoms with E-state index < -0.39 is 23.8 Å². The number of imide groups is 1. The van der Waals surface area contributed by atoms with Crippen LogP contribution in [0.3, 0.4) is 0 Å². The molecule has 0 radical (unpaired) electrons. The number of hydrogen-bond donors (Lipinski definition) is 4. The van der Waals surface area contributed by atoms with Gasteiger partial charge in [-0.15, -0.1) is 0 Å². The van der Waals surface area contributed by atoms with E-state index in [-0.39, 0.29) is 17.5 Å². The van der Waals surface area contributed by atoms with E-state index in [1.165, 1.54) is 25.2 Å². The average molecular weight is 322 g/mol. The zero-order valence-electron chi connectivity index (χ0n) is 12.9. The van der Waals surface area contributed by atoms with E-state index in [4.69, 9.17) is 0 Å². The van der Waals surface area contributed by atoms with Gasteiger partial charge in [0.1, 0.15) is 11.9 Å². The third-order valence-electron chi connectivity index (χ3n) is 3.41. The van der Waals surface area contributed by atoms with Gasteiger partial charge in [0.05, 0.1) is 5.69 Å². The topological polar surface area (TPSA) is 99.3 Å². The number of amides is 4. The lowest BCUT2D eigenvalue weighted by Gasteiger charge is -2.16. The summed E-state index contributed by atoms with van der Waals surface area (Å²) in [6.07, 6.45) is 1.64. The summed E-state index contributed by atoms with van der Waals surface area (Å²) in [6.45, 7) is 1.56. The van der Waals surface area contributed by atoms with Crippen molar-refractivity contribution in [2.75, 3.05) is 17.7 Å². The molecule has 0 spiro atoms. The van der Waals surface area contributed by atoms with Gasteiger partial charge >= 0.3 is 6.03 Å². The summed E-state index contributed by atoms with van der Waals surface area (Å²) in [5, 5.41) is 9.79. The molecular weight excluding hydrogens is 303 g/mol. The van der Waals surface area contributed by atoms with Crippen molar-refractivity contribution in [3.8, 4) is 0 Å². The van der Waals surface area contributed by atoms with Crippen molar-refractivity contribution in [2.45, 2.75) is 25.8 Å². The fourth-order valence-corrected chi connectivity index (χ4v) is 1.89. The van der Waals surface area contributed by atoms with Crippen molar-refractivity contribution in [1.29, 1.82) is 0 Å². The third-order valence-corrected chi connectivity index (χ3v) is 3.41. The zero-order chi connectivity index (χ0) is 17.0. The molecule has 1 fully saturated rings. The Kier molecular flexibility index (Phi) is 5.15. The van der Waals surface area contributed by atoms with Gasteiger partial charge in [-0.2, -0.15) is 0 Å². The molecule has 124 valence electrons. The van der Waals surface area contributed by atoms with Gasteiger partial charge in [0.25, 0.3) is 0 Å². The van der Waals surface area contributed by atoms with Crippen LogP contribution in [0.15, 0.2) is 18.2 Å². The first-order valence-electron chi connectivity index (χ1n) is 7.30. The number of carbonyl (C=O) groups excluding carboxylic acids is 3. The van der Waals surface area contributed by atoms with Crippen LogP contribution < -0.4 is 21.3 Å². The standard InChI is InChI=1S/C15H19FN4O3/c1-8(13(21)20-15(23)17-2)18-10-5-6-11(16)12(7-10)19-14(22)9-3-4-9/h5-9,18H,3-4H2,1-2H3,(H,19,22)(H2,17,20,21,23)/t8-/m1/s1. The number of rotatable bonds is 5. The number of urea groups is 1. The van der Waals surface area contributed by atoms with Gasteiger partial charge < -0.3 is 16.0 Å². The normalized spacial score (nSPS) is 14.6. The molecule has 7 nitrogen and oxygen atoms in total. The fraction of sp³-hybridized carbons (Fsp3) is 0.400. The van der Waals surface area contributed by atoms with Gasteiger partial charge in [-0.05, 0) is 38.0 Å². The van der Waals surface area contributed by atoms with Crippen LogP contribution in [0.2, 0.25) is 0 Å². The molecule has 23 heavy (non-hydrogen) atoms. The van der Waals surface area contributed by atoms with E-state index in [0.717, 1.165) is 12.8 Å². The second-order valence-electron chi connectivity index (χ2n) is 5.39. The summed E-state index contributed by atoms with van der Waals surface area (Å²) >= 11 is 0. The van der Waals surface area contributed by atoms with E-state index in [1.54, 1.807) is 6.92 Å². The molecule has 1 aliphatic carbocycles. The molecule has 0 saturated heterocycles. The number of anilines is 2. The van der Waals surface area contributed by atoms with E-state index in [9.17, 15) is 18.8 Å². The first-order valence-corrected chi connectivity index (χ1v) is 7.30. The maximum Gasteiger partial charge on any atom is 0.321 e. The van der Waals surface area contributed by atoms with Crippen LogP contribution in [-0.2, 0) is 9.59 Å². The Hall–Kier alpha value is -2.64. The van der Waals surface area contributed by atoms with Crippen molar-refractivity contribution in [2.24, 2.45) is 5.92 Å². The maximum atomic E-state index is 13.8. The molecule has 2 rings (SSSR count). The zero-order valence-corrected chi connectivity index (χ0v) is 12.9. The molecule has 4 amide bonds. The molecule has 1 aromatic carbocycles. The van der Waals surface area contributed by atoms with Crippen molar-refractivity contribution in [3.63, 3.8) is 0 Å². The highest BCUT2D eigenvalue weighted by atomic mass is 19.1. The Morgan fingerprint density at radius 3 is 2.57 bits per heavy atom. The quantitative estimate of drug-likeness (QED) is 0.659. The lowest BCUT2D eigenvalue weighted by Crippen LogP contribution is -2.44. The Balaban J connectivity index is 2.00. The van der Waals surface area contributed by atoms with Gasteiger partial charge in [0, 0.05) is 18.7 Å². The summed E-state index contributed by atoms with van der Waals surface area (Å²) < 4.78 is 13.8. The monoisotopic (exact) mass is 322 g/mol. The minimum atomic E-state index is -0.718. The summed E-state index contributed by atoms with van der Waals surface area (Å²) in [6, 6.07) is 2.74.